The van der Waals surface area contributed by atoms with Crippen molar-refractivity contribution in [1.82, 2.24) is 29.5 Å². The Hall–Kier alpha value is -3.17. The summed E-state index contributed by atoms with van der Waals surface area (Å²) >= 11 is 6.49. The molecule has 1 amide bonds. The second kappa shape index (κ2) is 10.4. The predicted octanol–water partition coefficient (Wildman–Crippen LogP) is 5.02. The Morgan fingerprint density at radius 2 is 1.85 bits per heavy atom. The molecule has 0 aliphatic carbocycles. The summed E-state index contributed by atoms with van der Waals surface area (Å²) in [5.74, 6) is 3.31. The van der Waals surface area contributed by atoms with Crippen LogP contribution in [0.3, 0.4) is 0 Å². The number of rotatable bonds is 3. The number of halogens is 1. The normalized spacial score (nSPS) is 20.5. The summed E-state index contributed by atoms with van der Waals surface area (Å²) in [6.45, 7) is 10.3. The van der Waals surface area contributed by atoms with Crippen molar-refractivity contribution in [3.05, 3.63) is 64.8 Å². The molecule has 10 heteroatoms. The van der Waals surface area contributed by atoms with Gasteiger partial charge in [-0.15, -0.1) is 10.2 Å². The minimum absolute atomic E-state index is 0.206. The lowest BCUT2D eigenvalue weighted by molar-refractivity contribution is 0.0277. The van der Waals surface area contributed by atoms with Gasteiger partial charge in [0.2, 0.25) is 0 Å². The fourth-order valence-corrected chi connectivity index (χ4v) is 6.21. The van der Waals surface area contributed by atoms with E-state index in [-0.39, 0.29) is 12.1 Å². The van der Waals surface area contributed by atoms with Crippen molar-refractivity contribution in [1.29, 1.82) is 0 Å². The number of carbonyl (C=O) groups excluding carboxylic acids is 1. The van der Waals surface area contributed by atoms with Crippen LogP contribution in [0.25, 0.3) is 5.69 Å². The number of carbonyl (C=O) groups is 1. The van der Waals surface area contributed by atoms with E-state index in [1.807, 2.05) is 50.1 Å². The molecule has 1 aromatic carbocycles. The molecule has 3 aliphatic rings. The second-order valence-corrected chi connectivity index (χ2v) is 12.2. The molecule has 0 spiro atoms. The molecular weight excluding hydrogens is 514 g/mol. The summed E-state index contributed by atoms with van der Waals surface area (Å²) in [6, 6.07) is 12.4. The number of hydrogen-bond acceptors (Lipinski definition) is 7. The lowest BCUT2D eigenvalue weighted by Crippen LogP contribution is -2.40. The van der Waals surface area contributed by atoms with Crippen molar-refractivity contribution in [2.24, 2.45) is 0 Å². The third kappa shape index (κ3) is 5.47. The number of anilines is 1. The molecule has 39 heavy (non-hydrogen) atoms. The first-order valence-corrected chi connectivity index (χ1v) is 14.2. The fraction of sp³-hybridized carbons (Fsp3) is 0.517. The molecule has 3 aromatic rings. The van der Waals surface area contributed by atoms with Crippen LogP contribution in [0.4, 0.5) is 10.6 Å². The van der Waals surface area contributed by atoms with Gasteiger partial charge in [0.1, 0.15) is 17.2 Å². The van der Waals surface area contributed by atoms with E-state index in [0.717, 1.165) is 72.6 Å². The molecule has 0 N–H and O–H groups in total. The monoisotopic (exact) mass is 549 g/mol. The zero-order chi connectivity index (χ0) is 27.1. The predicted molar refractivity (Wildman–Crippen MR) is 150 cm³/mol. The van der Waals surface area contributed by atoms with E-state index in [0.29, 0.717) is 25.6 Å². The fourth-order valence-electron chi connectivity index (χ4n) is 6.01. The molecule has 9 nitrogen and oxygen atoms in total. The van der Waals surface area contributed by atoms with Crippen LogP contribution in [0.15, 0.2) is 42.6 Å². The van der Waals surface area contributed by atoms with E-state index < -0.39 is 5.60 Å². The Bertz CT molecular complexity index is 1330. The van der Waals surface area contributed by atoms with E-state index >= 15 is 0 Å². The largest absolute Gasteiger partial charge is 0.444 e. The van der Waals surface area contributed by atoms with Crippen molar-refractivity contribution < 1.29 is 9.53 Å². The summed E-state index contributed by atoms with van der Waals surface area (Å²) in [7, 11) is 0. The van der Waals surface area contributed by atoms with Crippen molar-refractivity contribution in [2.75, 3.05) is 31.1 Å². The Labute approximate surface area is 234 Å². The molecule has 206 valence electrons. The first kappa shape index (κ1) is 26.1. The number of pyridine rings is 1. The highest BCUT2D eigenvalue weighted by Gasteiger charge is 2.36. The summed E-state index contributed by atoms with van der Waals surface area (Å²) in [5, 5.41) is 10.2. The number of hydrogen-bond donors (Lipinski definition) is 0. The van der Waals surface area contributed by atoms with Crippen LogP contribution in [0.2, 0.25) is 5.02 Å². The number of likely N-dealkylation sites (tertiary alicyclic amines) is 1. The summed E-state index contributed by atoms with van der Waals surface area (Å²) < 4.78 is 7.90. The topological polar surface area (TPSA) is 79.6 Å². The number of amides is 1. The van der Waals surface area contributed by atoms with E-state index in [9.17, 15) is 4.79 Å². The molecule has 1 unspecified atom stereocenters. The summed E-state index contributed by atoms with van der Waals surface area (Å²) in [4.78, 5) is 23.8. The average molecular weight is 550 g/mol. The summed E-state index contributed by atoms with van der Waals surface area (Å²) in [5.41, 5.74) is 1.75. The Morgan fingerprint density at radius 3 is 2.59 bits per heavy atom. The molecule has 6 rings (SSSR count). The van der Waals surface area contributed by atoms with Gasteiger partial charge in [-0.25, -0.2) is 9.78 Å². The highest BCUT2D eigenvalue weighted by Crippen LogP contribution is 2.35. The first-order valence-electron chi connectivity index (χ1n) is 13.9. The molecule has 2 saturated heterocycles. The molecule has 0 bridgehead atoms. The van der Waals surface area contributed by atoms with Crippen LogP contribution in [-0.2, 0) is 17.8 Å². The number of piperidine rings is 1. The van der Waals surface area contributed by atoms with Gasteiger partial charge >= 0.3 is 6.09 Å². The third-order valence-corrected chi connectivity index (χ3v) is 8.16. The number of aromatic nitrogens is 4. The van der Waals surface area contributed by atoms with Crippen molar-refractivity contribution >= 4 is 23.5 Å². The van der Waals surface area contributed by atoms with Crippen molar-refractivity contribution in [3.63, 3.8) is 0 Å². The van der Waals surface area contributed by atoms with Gasteiger partial charge in [0, 0.05) is 55.9 Å². The van der Waals surface area contributed by atoms with Gasteiger partial charge in [-0.2, -0.15) is 0 Å². The van der Waals surface area contributed by atoms with Crippen LogP contribution in [0.1, 0.15) is 63.2 Å². The van der Waals surface area contributed by atoms with Crippen LogP contribution < -0.4 is 4.90 Å². The lowest BCUT2D eigenvalue weighted by atomic mass is 9.95. The molecule has 5 heterocycles. The molecule has 3 aliphatic heterocycles. The van der Waals surface area contributed by atoms with E-state index in [4.69, 9.17) is 26.5 Å². The quantitative estimate of drug-likeness (QED) is 0.453. The number of ether oxygens (including phenoxy) is 1. The van der Waals surface area contributed by atoms with Crippen LogP contribution in [0.5, 0.6) is 0 Å². The Balaban J connectivity index is 1.24. The maximum Gasteiger partial charge on any atom is 0.410 e. The van der Waals surface area contributed by atoms with E-state index in [1.165, 1.54) is 0 Å². The van der Waals surface area contributed by atoms with Gasteiger partial charge in [0.15, 0.2) is 5.82 Å². The third-order valence-electron chi connectivity index (χ3n) is 7.92. The van der Waals surface area contributed by atoms with Gasteiger partial charge < -0.3 is 14.5 Å². The maximum atomic E-state index is 12.7. The molecular formula is C29H36ClN7O2. The van der Waals surface area contributed by atoms with Crippen LogP contribution in [0, 0.1) is 0 Å². The molecule has 2 fully saturated rings. The van der Waals surface area contributed by atoms with Gasteiger partial charge in [0.25, 0.3) is 0 Å². The van der Waals surface area contributed by atoms with Crippen molar-refractivity contribution in [3.8, 4) is 5.69 Å². The second-order valence-electron chi connectivity index (χ2n) is 11.8. The highest BCUT2D eigenvalue weighted by atomic mass is 35.5. The molecule has 2 aromatic heterocycles. The van der Waals surface area contributed by atoms with E-state index in [2.05, 4.69) is 37.5 Å². The molecule has 0 saturated carbocycles. The van der Waals surface area contributed by atoms with E-state index in [1.54, 1.807) is 0 Å². The summed E-state index contributed by atoms with van der Waals surface area (Å²) in [6.07, 6.45) is 4.49. The minimum atomic E-state index is -0.506. The zero-order valence-corrected chi connectivity index (χ0v) is 23.6. The number of fused-ring (bicyclic) bond motifs is 3. The molecule has 1 atom stereocenters. The van der Waals surface area contributed by atoms with Crippen LogP contribution in [-0.4, -0.2) is 73.5 Å². The number of nitrogens with zero attached hydrogens (tertiary/aromatic N) is 7. The van der Waals surface area contributed by atoms with Gasteiger partial charge in [0.05, 0.1) is 12.2 Å². The van der Waals surface area contributed by atoms with Crippen LogP contribution >= 0.6 is 11.6 Å². The zero-order valence-electron chi connectivity index (χ0n) is 22.9. The van der Waals surface area contributed by atoms with Gasteiger partial charge in [-0.05, 0) is 75.9 Å². The standard InChI is InChI=1S/C29H36ClN7O2/c1-29(2,3)39-28(38)35-15-11-23(18-35)36-17-21-16-22(30)7-8-24(21)37-26(19-36)32-33-27(37)20-9-13-34(14-10-20)25-6-4-5-12-31-25/h4-8,12,16,20,23H,9-11,13-15,17-19H2,1-3H3. The number of benzene rings is 1. The first-order chi connectivity index (χ1) is 18.7. The smallest absolute Gasteiger partial charge is 0.410 e. The van der Waals surface area contributed by atoms with Gasteiger partial charge in [-0.1, -0.05) is 17.7 Å². The maximum absolute atomic E-state index is 12.7. The average Bonchev–Trinajstić information content (AvgIpc) is 3.53. The Morgan fingerprint density at radius 1 is 1.03 bits per heavy atom. The minimum Gasteiger partial charge on any atom is -0.444 e. The molecule has 0 radical (unpaired) electrons. The highest BCUT2D eigenvalue weighted by molar-refractivity contribution is 6.30. The van der Waals surface area contributed by atoms with Crippen molar-refractivity contribution in [2.45, 2.75) is 70.7 Å². The van der Waals surface area contributed by atoms with Gasteiger partial charge in [-0.3, -0.25) is 9.47 Å². The SMILES string of the molecule is CC(C)(C)OC(=O)N1CCC(N2Cc3cc(Cl)ccc3-n3c(nnc3C3CCN(c4ccccn4)CC3)C2)C1. The lowest BCUT2D eigenvalue weighted by Gasteiger charge is -2.32. The Kier molecular flexibility index (Phi) is 6.97.